The zero-order chi connectivity index (χ0) is 22.8. The number of anilines is 1. The molecule has 3 atom stereocenters. The van der Waals surface area contributed by atoms with Gasteiger partial charge in [-0.05, 0) is 69.5 Å². The number of unbranched alkanes of at least 4 members (excludes halogenated alkanes) is 4. The molecule has 0 saturated carbocycles. The molecule has 0 unspecified atom stereocenters. The lowest BCUT2D eigenvalue weighted by Crippen LogP contribution is -2.50. The number of aryl methyl sites for hydroxylation is 2. The Morgan fingerprint density at radius 2 is 2.00 bits per heavy atom. The molecule has 1 saturated heterocycles. The van der Waals surface area contributed by atoms with Gasteiger partial charge in [-0.1, -0.05) is 38.7 Å². The quantitative estimate of drug-likeness (QED) is 0.338. The summed E-state index contributed by atoms with van der Waals surface area (Å²) in [5, 5.41) is 9.56. The summed E-state index contributed by atoms with van der Waals surface area (Å²) in [4.78, 5) is 29.7. The molecule has 178 valence electrons. The Bertz CT molecular complexity index is 755. The molecular formula is C25H40N4O3. The molecule has 0 aromatic carbocycles. The maximum absolute atomic E-state index is 12.6. The van der Waals surface area contributed by atoms with E-state index in [2.05, 4.69) is 35.0 Å². The van der Waals surface area contributed by atoms with Crippen LogP contribution in [-0.2, 0) is 27.2 Å². The van der Waals surface area contributed by atoms with Crippen molar-refractivity contribution in [2.45, 2.75) is 90.1 Å². The van der Waals surface area contributed by atoms with Crippen LogP contribution in [-0.4, -0.2) is 48.6 Å². The fourth-order valence-electron chi connectivity index (χ4n) is 4.63. The molecule has 1 amide bonds. The summed E-state index contributed by atoms with van der Waals surface area (Å²) < 4.78 is 5.19. The van der Waals surface area contributed by atoms with E-state index < -0.39 is 6.04 Å². The molecule has 0 radical (unpaired) electrons. The number of rotatable bonds is 12. The number of ether oxygens (including phenoxy) is 1. The summed E-state index contributed by atoms with van der Waals surface area (Å²) in [6, 6.07) is 3.62. The van der Waals surface area contributed by atoms with Gasteiger partial charge in [0.2, 0.25) is 5.91 Å². The Morgan fingerprint density at radius 1 is 1.19 bits per heavy atom. The van der Waals surface area contributed by atoms with Crippen LogP contribution in [0.3, 0.4) is 0 Å². The Morgan fingerprint density at radius 3 is 2.78 bits per heavy atom. The van der Waals surface area contributed by atoms with E-state index in [1.807, 2.05) is 0 Å². The number of carbonyl (C=O) groups excluding carboxylic acids is 2. The van der Waals surface area contributed by atoms with E-state index in [1.54, 1.807) is 6.92 Å². The maximum Gasteiger partial charge on any atom is 0.328 e. The molecule has 3 rings (SSSR count). The summed E-state index contributed by atoms with van der Waals surface area (Å²) in [6.07, 6.45) is 10.3. The van der Waals surface area contributed by atoms with Gasteiger partial charge in [0.1, 0.15) is 11.9 Å². The average molecular weight is 445 g/mol. The van der Waals surface area contributed by atoms with E-state index in [-0.39, 0.29) is 17.9 Å². The number of nitrogens with one attached hydrogen (secondary N) is 3. The van der Waals surface area contributed by atoms with Gasteiger partial charge in [-0.15, -0.1) is 0 Å². The van der Waals surface area contributed by atoms with Gasteiger partial charge in [0.05, 0.1) is 12.6 Å². The molecule has 3 heterocycles. The second-order valence-electron chi connectivity index (χ2n) is 9.16. The van der Waals surface area contributed by atoms with E-state index in [4.69, 9.17) is 9.72 Å². The topological polar surface area (TPSA) is 92.3 Å². The third kappa shape index (κ3) is 7.19. The number of hydrogen-bond acceptors (Lipinski definition) is 6. The summed E-state index contributed by atoms with van der Waals surface area (Å²) >= 11 is 0. The van der Waals surface area contributed by atoms with Crippen LogP contribution in [0.15, 0.2) is 12.1 Å². The van der Waals surface area contributed by atoms with Crippen molar-refractivity contribution in [3.63, 3.8) is 0 Å². The van der Waals surface area contributed by atoms with Crippen molar-refractivity contribution in [2.75, 3.05) is 25.0 Å². The first-order valence-electron chi connectivity index (χ1n) is 12.5. The van der Waals surface area contributed by atoms with Crippen LogP contribution in [0.1, 0.15) is 76.5 Å². The number of carbonyl (C=O) groups is 2. The normalized spacial score (nSPS) is 20.8. The van der Waals surface area contributed by atoms with Crippen LogP contribution in [0.5, 0.6) is 0 Å². The van der Waals surface area contributed by atoms with Crippen LogP contribution in [0, 0.1) is 5.92 Å². The van der Waals surface area contributed by atoms with E-state index in [0.29, 0.717) is 18.9 Å². The minimum Gasteiger partial charge on any atom is -0.464 e. The standard InChI is InChI=1S/C25H40N4O3/c1-3-32-25(31)21(29-24(30)22-18(2)15-17-26-22)12-8-6-4-5-7-11-20-14-13-19-10-9-16-27-23(19)28-20/h13-14,18,21-22,26H,3-12,15-17H2,1-2H3,(H,27,28)(H,29,30)/t18-,21-,22-/m0/s1. The molecule has 32 heavy (non-hydrogen) atoms. The van der Waals surface area contributed by atoms with Crippen molar-refractivity contribution in [3.8, 4) is 0 Å². The van der Waals surface area contributed by atoms with Gasteiger partial charge in [0.15, 0.2) is 0 Å². The number of nitrogens with zero attached hydrogens (tertiary/aromatic N) is 1. The van der Waals surface area contributed by atoms with Gasteiger partial charge < -0.3 is 20.7 Å². The highest BCUT2D eigenvalue weighted by atomic mass is 16.5. The fraction of sp³-hybridized carbons (Fsp3) is 0.720. The fourth-order valence-corrected chi connectivity index (χ4v) is 4.63. The Labute approximate surface area is 192 Å². The van der Waals surface area contributed by atoms with Crippen LogP contribution in [0.4, 0.5) is 5.82 Å². The van der Waals surface area contributed by atoms with Crippen molar-refractivity contribution >= 4 is 17.7 Å². The average Bonchev–Trinajstić information content (AvgIpc) is 3.23. The number of esters is 1. The van der Waals surface area contributed by atoms with Crippen molar-refractivity contribution in [1.82, 2.24) is 15.6 Å². The monoisotopic (exact) mass is 444 g/mol. The largest absolute Gasteiger partial charge is 0.464 e. The number of amides is 1. The van der Waals surface area contributed by atoms with Crippen molar-refractivity contribution in [3.05, 3.63) is 23.4 Å². The molecule has 7 nitrogen and oxygen atoms in total. The van der Waals surface area contributed by atoms with E-state index >= 15 is 0 Å². The van der Waals surface area contributed by atoms with Crippen LogP contribution in [0.25, 0.3) is 0 Å². The zero-order valence-electron chi connectivity index (χ0n) is 19.8. The number of fused-ring (bicyclic) bond motifs is 1. The predicted octanol–water partition coefficient (Wildman–Crippen LogP) is 3.37. The lowest BCUT2D eigenvalue weighted by molar-refractivity contribution is -0.148. The highest BCUT2D eigenvalue weighted by Gasteiger charge is 2.32. The molecule has 2 aliphatic heterocycles. The highest BCUT2D eigenvalue weighted by molar-refractivity contribution is 5.87. The van der Waals surface area contributed by atoms with Crippen molar-refractivity contribution in [2.24, 2.45) is 5.92 Å². The van der Waals surface area contributed by atoms with Gasteiger partial charge in [-0.3, -0.25) is 4.79 Å². The Balaban J connectivity index is 1.34. The van der Waals surface area contributed by atoms with Crippen molar-refractivity contribution < 1.29 is 14.3 Å². The van der Waals surface area contributed by atoms with Crippen LogP contribution >= 0.6 is 0 Å². The van der Waals surface area contributed by atoms with E-state index in [1.165, 1.54) is 12.0 Å². The van der Waals surface area contributed by atoms with Crippen LogP contribution < -0.4 is 16.0 Å². The smallest absolute Gasteiger partial charge is 0.328 e. The number of pyridine rings is 1. The summed E-state index contributed by atoms with van der Waals surface area (Å²) in [5.41, 5.74) is 2.50. The molecule has 0 spiro atoms. The molecule has 1 aromatic rings. The third-order valence-corrected chi connectivity index (χ3v) is 6.58. The summed E-state index contributed by atoms with van der Waals surface area (Å²) in [5.74, 6) is 0.958. The zero-order valence-corrected chi connectivity index (χ0v) is 19.8. The summed E-state index contributed by atoms with van der Waals surface area (Å²) in [6.45, 7) is 6.06. The predicted molar refractivity (Wildman–Crippen MR) is 127 cm³/mol. The molecule has 1 fully saturated rings. The molecule has 0 bridgehead atoms. The minimum absolute atomic E-state index is 0.0832. The van der Waals surface area contributed by atoms with Crippen molar-refractivity contribution in [1.29, 1.82) is 0 Å². The Kier molecular flexibility index (Phi) is 9.78. The lowest BCUT2D eigenvalue weighted by atomic mass is 10.0. The van der Waals surface area contributed by atoms with Gasteiger partial charge in [-0.2, -0.15) is 0 Å². The Hall–Kier alpha value is -2.15. The van der Waals surface area contributed by atoms with E-state index in [9.17, 15) is 9.59 Å². The molecule has 2 aliphatic rings. The van der Waals surface area contributed by atoms with Gasteiger partial charge in [0.25, 0.3) is 0 Å². The van der Waals surface area contributed by atoms with E-state index in [0.717, 1.165) is 76.0 Å². The van der Waals surface area contributed by atoms with Gasteiger partial charge in [-0.25, -0.2) is 9.78 Å². The lowest BCUT2D eigenvalue weighted by Gasteiger charge is -2.21. The second-order valence-corrected chi connectivity index (χ2v) is 9.16. The number of aromatic nitrogens is 1. The maximum atomic E-state index is 12.6. The molecule has 0 aliphatic carbocycles. The molecule has 7 heteroatoms. The van der Waals surface area contributed by atoms with Crippen LogP contribution in [0.2, 0.25) is 0 Å². The minimum atomic E-state index is -0.552. The third-order valence-electron chi connectivity index (χ3n) is 6.58. The summed E-state index contributed by atoms with van der Waals surface area (Å²) in [7, 11) is 0. The molecule has 1 aromatic heterocycles. The first-order valence-corrected chi connectivity index (χ1v) is 12.5. The first kappa shape index (κ1) is 24.5. The molecule has 3 N–H and O–H groups in total. The highest BCUT2D eigenvalue weighted by Crippen LogP contribution is 2.21. The molecular weight excluding hydrogens is 404 g/mol. The first-order chi connectivity index (χ1) is 15.6. The van der Waals surface area contributed by atoms with Gasteiger partial charge in [0, 0.05) is 12.2 Å². The second kappa shape index (κ2) is 12.8. The SMILES string of the molecule is CCOC(=O)[C@H](CCCCCCCc1ccc2c(n1)NCCC2)NC(=O)[C@H]1NCC[C@@H]1C. The number of hydrogen-bond donors (Lipinski definition) is 3. The van der Waals surface area contributed by atoms with Gasteiger partial charge >= 0.3 is 5.97 Å².